The van der Waals surface area contributed by atoms with E-state index in [-0.39, 0.29) is 5.54 Å². The summed E-state index contributed by atoms with van der Waals surface area (Å²) < 4.78 is 6.92. The van der Waals surface area contributed by atoms with Gasteiger partial charge < -0.3 is 4.74 Å². The van der Waals surface area contributed by atoms with Gasteiger partial charge in [-0.1, -0.05) is 19.1 Å². The largest absolute Gasteiger partial charge is 0.376 e. The van der Waals surface area contributed by atoms with E-state index in [9.17, 15) is 0 Å². The van der Waals surface area contributed by atoms with Crippen LogP contribution in [-0.4, -0.2) is 28.2 Å². The van der Waals surface area contributed by atoms with Crippen LogP contribution in [0.25, 0.3) is 0 Å². The maximum absolute atomic E-state index is 5.07. The van der Waals surface area contributed by atoms with E-state index < -0.39 is 0 Å². The van der Waals surface area contributed by atoms with E-state index in [0.717, 1.165) is 13.2 Å². The van der Waals surface area contributed by atoms with Gasteiger partial charge in [0, 0.05) is 6.20 Å². The molecule has 0 aromatic carbocycles. The van der Waals surface area contributed by atoms with Gasteiger partial charge in [-0.3, -0.25) is 0 Å². The highest BCUT2D eigenvalue weighted by Crippen LogP contribution is 2.23. The van der Waals surface area contributed by atoms with Gasteiger partial charge in [0.05, 0.1) is 19.4 Å². The van der Waals surface area contributed by atoms with Crippen molar-refractivity contribution in [3.05, 3.63) is 12.4 Å². The Kier molecular flexibility index (Phi) is 2.81. The molecule has 2 heterocycles. The third kappa shape index (κ3) is 1.48. The number of aromatic nitrogens is 3. The van der Waals surface area contributed by atoms with Gasteiger partial charge >= 0.3 is 0 Å². The monoisotopic (exact) mass is 169 g/mol. The molecule has 0 unspecified atom stereocenters. The molecule has 0 spiro atoms. The summed E-state index contributed by atoms with van der Waals surface area (Å²) in [5.74, 6) is 0. The van der Waals surface area contributed by atoms with Crippen LogP contribution in [0.2, 0.25) is 0 Å². The second-order valence-electron chi connectivity index (χ2n) is 2.84. The Hall–Kier alpha value is -0.900. The van der Waals surface area contributed by atoms with Crippen LogP contribution in [0.4, 0.5) is 0 Å². The third-order valence-electron chi connectivity index (χ3n) is 1.80. The molecule has 0 atom stereocenters. The lowest BCUT2D eigenvalue weighted by atomic mass is 10.0. The highest BCUT2D eigenvalue weighted by molar-refractivity contribution is 4.88. The van der Waals surface area contributed by atoms with Crippen LogP contribution in [0.5, 0.6) is 0 Å². The zero-order chi connectivity index (χ0) is 9.03. The quantitative estimate of drug-likeness (QED) is 0.631. The second kappa shape index (κ2) is 3.67. The molecule has 1 fully saturated rings. The van der Waals surface area contributed by atoms with E-state index >= 15 is 0 Å². The number of hydrogen-bond acceptors (Lipinski definition) is 3. The van der Waals surface area contributed by atoms with E-state index in [1.807, 2.05) is 24.7 Å². The van der Waals surface area contributed by atoms with Crippen LogP contribution >= 0.6 is 0 Å². The summed E-state index contributed by atoms with van der Waals surface area (Å²) in [6, 6.07) is 0. The molecule has 0 N–H and O–H groups in total. The molecule has 0 aliphatic carbocycles. The first-order valence-electron chi connectivity index (χ1n) is 4.26. The van der Waals surface area contributed by atoms with E-state index in [2.05, 4.69) is 17.2 Å². The van der Waals surface area contributed by atoms with Crippen molar-refractivity contribution in [2.45, 2.75) is 26.3 Å². The lowest BCUT2D eigenvalue weighted by Gasteiger charge is -2.37. The summed E-state index contributed by atoms with van der Waals surface area (Å²) in [5, 5.41) is 7.62. The van der Waals surface area contributed by atoms with Crippen molar-refractivity contribution < 1.29 is 4.74 Å². The minimum Gasteiger partial charge on any atom is -0.376 e. The van der Waals surface area contributed by atoms with E-state index in [1.165, 1.54) is 0 Å². The Morgan fingerprint density at radius 2 is 2.08 bits per heavy atom. The second-order valence-corrected chi connectivity index (χ2v) is 2.84. The number of hydrogen-bond donors (Lipinski definition) is 0. The first kappa shape index (κ1) is 9.19. The molecule has 1 saturated heterocycles. The summed E-state index contributed by atoms with van der Waals surface area (Å²) in [6.07, 6.45) is 3.55. The molecule has 0 bridgehead atoms. The van der Waals surface area contributed by atoms with Crippen LogP contribution in [0, 0.1) is 0 Å². The number of nitrogens with zero attached hydrogens (tertiary/aromatic N) is 3. The lowest BCUT2D eigenvalue weighted by Crippen LogP contribution is -2.49. The Morgan fingerprint density at radius 1 is 1.42 bits per heavy atom. The summed E-state index contributed by atoms with van der Waals surface area (Å²) in [4.78, 5) is 0. The predicted molar refractivity (Wildman–Crippen MR) is 45.8 cm³/mol. The minimum atomic E-state index is 0.0660. The molecule has 2 rings (SSSR count). The van der Waals surface area contributed by atoms with Gasteiger partial charge in [0.15, 0.2) is 0 Å². The highest BCUT2D eigenvalue weighted by atomic mass is 16.5. The molecule has 4 heteroatoms. The molecular formula is C8H15N3O. The zero-order valence-electron chi connectivity index (χ0n) is 7.82. The van der Waals surface area contributed by atoms with E-state index in [4.69, 9.17) is 4.74 Å². The van der Waals surface area contributed by atoms with E-state index in [1.54, 1.807) is 6.20 Å². The molecule has 12 heavy (non-hydrogen) atoms. The fourth-order valence-electron chi connectivity index (χ4n) is 1.03. The van der Waals surface area contributed by atoms with E-state index in [0.29, 0.717) is 0 Å². The maximum Gasteiger partial charge on any atom is 0.108 e. The summed E-state index contributed by atoms with van der Waals surface area (Å²) in [6.45, 7) is 7.60. The lowest BCUT2D eigenvalue weighted by molar-refractivity contribution is -0.0965. The van der Waals surface area contributed by atoms with Gasteiger partial charge in [0.1, 0.15) is 5.54 Å². The fraction of sp³-hybridized carbons (Fsp3) is 0.750. The van der Waals surface area contributed by atoms with Crippen molar-refractivity contribution in [3.63, 3.8) is 0 Å². The molecule has 1 aliphatic rings. The fourth-order valence-corrected chi connectivity index (χ4v) is 1.03. The van der Waals surface area contributed by atoms with Gasteiger partial charge in [-0.05, 0) is 6.92 Å². The third-order valence-corrected chi connectivity index (χ3v) is 1.80. The molecule has 1 aromatic rings. The molecule has 0 radical (unpaired) electrons. The van der Waals surface area contributed by atoms with Crippen molar-refractivity contribution in [2.24, 2.45) is 0 Å². The molecular weight excluding hydrogens is 154 g/mol. The van der Waals surface area contributed by atoms with Crippen molar-refractivity contribution in [3.8, 4) is 0 Å². The molecule has 0 amide bonds. The molecule has 1 aromatic heterocycles. The Labute approximate surface area is 72.5 Å². The SMILES string of the molecule is CC.CC1(n2ccnn2)COC1. The molecule has 0 saturated carbocycles. The smallest absolute Gasteiger partial charge is 0.108 e. The first-order chi connectivity index (χ1) is 5.81. The summed E-state index contributed by atoms with van der Waals surface area (Å²) in [7, 11) is 0. The van der Waals surface area contributed by atoms with Gasteiger partial charge in [0.2, 0.25) is 0 Å². The zero-order valence-corrected chi connectivity index (χ0v) is 7.82. The van der Waals surface area contributed by atoms with Crippen molar-refractivity contribution in [1.82, 2.24) is 15.0 Å². The minimum absolute atomic E-state index is 0.0660. The standard InChI is InChI=1S/C6H9N3O.C2H6/c1-6(4-10-5-6)9-3-2-7-8-9;1-2/h2-3H,4-5H2,1H3;1-2H3. The number of ether oxygens (including phenoxy) is 1. The Balaban J connectivity index is 0.000000336. The highest BCUT2D eigenvalue weighted by Gasteiger charge is 2.35. The first-order valence-corrected chi connectivity index (χ1v) is 4.26. The van der Waals surface area contributed by atoms with Crippen LogP contribution < -0.4 is 0 Å². The van der Waals surface area contributed by atoms with Gasteiger partial charge in [0.25, 0.3) is 0 Å². The van der Waals surface area contributed by atoms with Gasteiger partial charge in [-0.25, -0.2) is 4.68 Å². The normalized spacial score (nSPS) is 18.9. The average molecular weight is 169 g/mol. The number of rotatable bonds is 1. The van der Waals surface area contributed by atoms with Crippen LogP contribution in [0.15, 0.2) is 12.4 Å². The maximum atomic E-state index is 5.07. The molecule has 4 nitrogen and oxygen atoms in total. The molecule has 68 valence electrons. The van der Waals surface area contributed by atoms with Crippen molar-refractivity contribution in [2.75, 3.05) is 13.2 Å². The van der Waals surface area contributed by atoms with Gasteiger partial charge in [-0.2, -0.15) is 0 Å². The molecule has 1 aliphatic heterocycles. The predicted octanol–water partition coefficient (Wildman–Crippen LogP) is 1.05. The van der Waals surface area contributed by atoms with Crippen LogP contribution in [-0.2, 0) is 10.3 Å². The summed E-state index contributed by atoms with van der Waals surface area (Å²) in [5.41, 5.74) is 0.0660. The Bertz CT molecular complexity index is 216. The van der Waals surface area contributed by atoms with Crippen LogP contribution in [0.3, 0.4) is 0 Å². The van der Waals surface area contributed by atoms with Crippen LogP contribution in [0.1, 0.15) is 20.8 Å². The van der Waals surface area contributed by atoms with Crippen molar-refractivity contribution in [1.29, 1.82) is 0 Å². The van der Waals surface area contributed by atoms with Gasteiger partial charge in [-0.15, -0.1) is 5.10 Å². The average Bonchev–Trinajstić information content (AvgIpc) is 2.56. The summed E-state index contributed by atoms with van der Waals surface area (Å²) >= 11 is 0. The Morgan fingerprint density at radius 3 is 2.42 bits per heavy atom. The van der Waals surface area contributed by atoms with Crippen molar-refractivity contribution >= 4 is 0 Å². The topological polar surface area (TPSA) is 39.9 Å².